The summed E-state index contributed by atoms with van der Waals surface area (Å²) in [6, 6.07) is 2.40. The lowest BCUT2D eigenvalue weighted by molar-refractivity contribution is 0.0949. The summed E-state index contributed by atoms with van der Waals surface area (Å²) in [5.74, 6) is 0.578. The van der Waals surface area contributed by atoms with E-state index in [0.29, 0.717) is 22.4 Å². The topological polar surface area (TPSA) is 34.2 Å². The Morgan fingerprint density at radius 2 is 2.05 bits per heavy atom. The molecule has 0 aliphatic heterocycles. The van der Waals surface area contributed by atoms with Crippen LogP contribution in [0.15, 0.2) is 12.3 Å². The number of rotatable bonds is 5. The van der Waals surface area contributed by atoms with Gasteiger partial charge in [-0.25, -0.2) is 4.98 Å². The first-order valence-electron chi connectivity index (χ1n) is 7.90. The summed E-state index contributed by atoms with van der Waals surface area (Å²) >= 11 is 6.30. The Morgan fingerprint density at radius 1 is 1.38 bits per heavy atom. The van der Waals surface area contributed by atoms with Crippen LogP contribution in [0.1, 0.15) is 58.9 Å². The summed E-state index contributed by atoms with van der Waals surface area (Å²) in [7, 11) is 0. The first kappa shape index (κ1) is 16.6. The highest BCUT2D eigenvalue weighted by Gasteiger charge is 2.28. The first-order valence-corrected chi connectivity index (χ1v) is 8.28. The van der Waals surface area contributed by atoms with E-state index in [0.717, 1.165) is 24.9 Å². The summed E-state index contributed by atoms with van der Waals surface area (Å²) in [5.41, 5.74) is 1.54. The van der Waals surface area contributed by atoms with Gasteiger partial charge in [-0.2, -0.15) is 0 Å². The maximum Gasteiger partial charge on any atom is 0.232 e. The van der Waals surface area contributed by atoms with Crippen molar-refractivity contribution in [1.82, 2.24) is 10.3 Å². The second kappa shape index (κ2) is 6.97. The zero-order chi connectivity index (χ0) is 15.5. The van der Waals surface area contributed by atoms with Gasteiger partial charge in [-0.15, -0.1) is 0 Å². The van der Waals surface area contributed by atoms with Crippen molar-refractivity contribution in [2.45, 2.75) is 72.1 Å². The summed E-state index contributed by atoms with van der Waals surface area (Å²) in [4.78, 5) is 4.39. The number of nitrogens with one attached hydrogen (secondary N) is 1. The molecule has 0 aromatic carbocycles. The van der Waals surface area contributed by atoms with Crippen molar-refractivity contribution in [3.05, 3.63) is 22.8 Å². The van der Waals surface area contributed by atoms with Crippen LogP contribution in [0.4, 0.5) is 0 Å². The lowest BCUT2D eigenvalue weighted by atomic mass is 9.76. The molecule has 1 saturated carbocycles. The number of pyridine rings is 1. The molecular weight excluding hydrogens is 284 g/mol. The first-order chi connectivity index (χ1) is 9.85. The Kier molecular flexibility index (Phi) is 5.50. The van der Waals surface area contributed by atoms with Crippen LogP contribution in [0.3, 0.4) is 0 Å². The molecule has 3 nitrogen and oxygen atoms in total. The largest absolute Gasteiger partial charge is 0.473 e. The van der Waals surface area contributed by atoms with Crippen LogP contribution in [0.2, 0.25) is 5.02 Å². The average molecular weight is 311 g/mol. The van der Waals surface area contributed by atoms with Crippen LogP contribution < -0.4 is 10.1 Å². The summed E-state index contributed by atoms with van der Waals surface area (Å²) in [6.45, 7) is 9.67. The number of aromatic nitrogens is 1. The lowest BCUT2D eigenvalue weighted by Crippen LogP contribution is -2.28. The summed E-state index contributed by atoms with van der Waals surface area (Å²) < 4.78 is 6.00. The molecule has 1 aromatic heterocycles. The third kappa shape index (κ3) is 5.15. The second-order valence-electron chi connectivity index (χ2n) is 7.15. The molecule has 1 aliphatic carbocycles. The Labute approximate surface area is 133 Å². The molecule has 1 aromatic rings. The maximum atomic E-state index is 6.30. The Hall–Kier alpha value is -0.800. The predicted molar refractivity (Wildman–Crippen MR) is 87.9 cm³/mol. The van der Waals surface area contributed by atoms with Crippen LogP contribution in [-0.2, 0) is 6.54 Å². The molecule has 118 valence electrons. The van der Waals surface area contributed by atoms with Gasteiger partial charge in [0.1, 0.15) is 11.1 Å². The van der Waals surface area contributed by atoms with E-state index in [1.54, 1.807) is 0 Å². The lowest BCUT2D eigenvalue weighted by Gasteiger charge is -2.34. The Morgan fingerprint density at radius 3 is 2.62 bits per heavy atom. The number of nitrogens with zero attached hydrogens (tertiary/aromatic N) is 1. The highest BCUT2D eigenvalue weighted by molar-refractivity contribution is 6.31. The molecule has 0 radical (unpaired) electrons. The van der Waals surface area contributed by atoms with Crippen LogP contribution >= 0.6 is 11.6 Å². The zero-order valence-corrected chi connectivity index (χ0v) is 14.3. The van der Waals surface area contributed by atoms with Crippen molar-refractivity contribution >= 4 is 11.6 Å². The van der Waals surface area contributed by atoms with E-state index in [1.807, 2.05) is 12.3 Å². The van der Waals surface area contributed by atoms with E-state index in [4.69, 9.17) is 16.3 Å². The Bertz CT molecular complexity index is 464. The van der Waals surface area contributed by atoms with Gasteiger partial charge in [-0.3, -0.25) is 0 Å². The van der Waals surface area contributed by atoms with Gasteiger partial charge in [0.05, 0.1) is 0 Å². The molecule has 1 N–H and O–H groups in total. The van der Waals surface area contributed by atoms with Crippen molar-refractivity contribution in [2.75, 3.05) is 0 Å². The Balaban J connectivity index is 1.92. The van der Waals surface area contributed by atoms with E-state index in [9.17, 15) is 0 Å². The van der Waals surface area contributed by atoms with Gasteiger partial charge in [0.15, 0.2) is 0 Å². The van der Waals surface area contributed by atoms with Gasteiger partial charge in [-0.1, -0.05) is 39.3 Å². The van der Waals surface area contributed by atoms with Crippen molar-refractivity contribution < 1.29 is 4.74 Å². The molecule has 1 aliphatic rings. The molecule has 0 bridgehead atoms. The van der Waals surface area contributed by atoms with Gasteiger partial charge >= 0.3 is 0 Å². The molecule has 0 unspecified atom stereocenters. The van der Waals surface area contributed by atoms with Crippen molar-refractivity contribution in [1.29, 1.82) is 0 Å². The van der Waals surface area contributed by atoms with Crippen molar-refractivity contribution in [3.63, 3.8) is 0 Å². The van der Waals surface area contributed by atoms with Crippen LogP contribution in [-0.4, -0.2) is 17.1 Å². The predicted octanol–water partition coefficient (Wildman–Crippen LogP) is 4.58. The summed E-state index contributed by atoms with van der Waals surface area (Å²) in [6.07, 6.45) is 6.67. The fourth-order valence-electron chi connectivity index (χ4n) is 2.62. The zero-order valence-electron chi connectivity index (χ0n) is 13.6. The van der Waals surface area contributed by atoms with Gasteiger partial charge in [0.25, 0.3) is 0 Å². The van der Waals surface area contributed by atoms with E-state index in [-0.39, 0.29) is 6.10 Å². The minimum absolute atomic E-state index is 0.252. The molecule has 4 heteroatoms. The van der Waals surface area contributed by atoms with Gasteiger partial charge in [-0.05, 0) is 42.7 Å². The number of hydrogen-bond acceptors (Lipinski definition) is 3. The highest BCUT2D eigenvalue weighted by Crippen LogP contribution is 2.37. The smallest absolute Gasteiger partial charge is 0.232 e. The third-order valence-corrected chi connectivity index (χ3v) is 4.41. The van der Waals surface area contributed by atoms with E-state index in [1.165, 1.54) is 12.8 Å². The number of hydrogen-bond donors (Lipinski definition) is 1. The standard InChI is InChI=1S/C17H27ClN2O/c1-12(2)19-10-13-9-15(18)16(20-11-13)21-14-5-7-17(3,4)8-6-14/h9,11-12,14,19H,5-8,10H2,1-4H3. The molecule has 21 heavy (non-hydrogen) atoms. The molecular formula is C17H27ClN2O. The fourth-order valence-corrected chi connectivity index (χ4v) is 2.85. The highest BCUT2D eigenvalue weighted by atomic mass is 35.5. The van der Waals surface area contributed by atoms with Gasteiger partial charge < -0.3 is 10.1 Å². The minimum Gasteiger partial charge on any atom is -0.473 e. The minimum atomic E-state index is 0.252. The van der Waals surface area contributed by atoms with Crippen molar-refractivity contribution in [2.24, 2.45) is 5.41 Å². The molecule has 0 amide bonds. The summed E-state index contributed by atoms with van der Waals surface area (Å²) in [5, 5.41) is 3.97. The normalized spacial score (nSPS) is 19.0. The molecule has 0 atom stereocenters. The van der Waals surface area contributed by atoms with E-state index < -0.39 is 0 Å². The van der Waals surface area contributed by atoms with Gasteiger partial charge in [0.2, 0.25) is 5.88 Å². The molecule has 0 spiro atoms. The molecule has 0 saturated heterocycles. The SMILES string of the molecule is CC(C)NCc1cnc(OC2CCC(C)(C)CC2)c(Cl)c1. The fraction of sp³-hybridized carbons (Fsp3) is 0.706. The number of ether oxygens (including phenoxy) is 1. The number of halogens is 1. The monoisotopic (exact) mass is 310 g/mol. The van der Waals surface area contributed by atoms with E-state index >= 15 is 0 Å². The van der Waals surface area contributed by atoms with Crippen molar-refractivity contribution in [3.8, 4) is 5.88 Å². The third-order valence-electron chi connectivity index (χ3n) is 4.14. The van der Waals surface area contributed by atoms with Crippen LogP contribution in [0, 0.1) is 5.41 Å². The quantitative estimate of drug-likeness (QED) is 0.864. The van der Waals surface area contributed by atoms with Crippen LogP contribution in [0.25, 0.3) is 0 Å². The van der Waals surface area contributed by atoms with E-state index in [2.05, 4.69) is 38.0 Å². The average Bonchev–Trinajstić information content (AvgIpc) is 2.41. The molecule has 1 fully saturated rings. The second-order valence-corrected chi connectivity index (χ2v) is 7.55. The van der Waals surface area contributed by atoms with Crippen LogP contribution in [0.5, 0.6) is 5.88 Å². The molecule has 2 rings (SSSR count). The maximum absolute atomic E-state index is 6.30. The molecule has 1 heterocycles. The van der Waals surface area contributed by atoms with Gasteiger partial charge in [0, 0.05) is 18.8 Å².